The predicted octanol–water partition coefficient (Wildman–Crippen LogP) is 2.90. The summed E-state index contributed by atoms with van der Waals surface area (Å²) in [6, 6.07) is 6.24. The number of anilines is 1. The van der Waals surface area contributed by atoms with Crippen molar-refractivity contribution in [3.63, 3.8) is 0 Å². The van der Waals surface area contributed by atoms with Crippen LogP contribution < -0.4 is 10.9 Å². The Kier molecular flexibility index (Phi) is 4.71. The van der Waals surface area contributed by atoms with E-state index < -0.39 is 17.3 Å². The maximum absolute atomic E-state index is 14.2. The van der Waals surface area contributed by atoms with E-state index in [1.165, 1.54) is 17.8 Å². The van der Waals surface area contributed by atoms with E-state index in [9.17, 15) is 14.0 Å². The van der Waals surface area contributed by atoms with Gasteiger partial charge in [0.05, 0.1) is 5.56 Å². The number of carbonyl (C=O) groups is 1. The number of nitrogens with zero attached hydrogens (tertiary/aromatic N) is 2. The maximum atomic E-state index is 14.2. The highest BCUT2D eigenvalue weighted by Crippen LogP contribution is 2.36. The number of benzene rings is 1. The summed E-state index contributed by atoms with van der Waals surface area (Å²) >= 11 is 1.46. The number of thioether (sulfide) groups is 1. The second-order valence-corrected chi connectivity index (χ2v) is 6.76. The topological polar surface area (TPSA) is 64.0 Å². The molecule has 0 radical (unpaired) electrons. The molecule has 1 aliphatic heterocycles. The SMILES string of the molecule is CCCSc1nc(=O)c2c(n1C)NC(=O)C[C@H]2c1ccccc1F. The van der Waals surface area contributed by atoms with Crippen LogP contribution in [0.2, 0.25) is 0 Å². The third-order valence-electron chi connectivity index (χ3n) is 4.02. The Hall–Kier alpha value is -2.15. The molecule has 126 valence electrons. The highest BCUT2D eigenvalue weighted by atomic mass is 32.2. The predicted molar refractivity (Wildman–Crippen MR) is 92.0 cm³/mol. The van der Waals surface area contributed by atoms with E-state index in [2.05, 4.69) is 10.3 Å². The normalized spacial score (nSPS) is 16.6. The van der Waals surface area contributed by atoms with Crippen LogP contribution in [-0.4, -0.2) is 21.2 Å². The zero-order valence-electron chi connectivity index (χ0n) is 13.5. The van der Waals surface area contributed by atoms with Crippen molar-refractivity contribution in [2.75, 3.05) is 11.1 Å². The van der Waals surface area contributed by atoms with Crippen LogP contribution in [0.25, 0.3) is 0 Å². The van der Waals surface area contributed by atoms with Crippen molar-refractivity contribution in [3.05, 3.63) is 51.6 Å². The van der Waals surface area contributed by atoms with Gasteiger partial charge in [-0.05, 0) is 18.1 Å². The van der Waals surface area contributed by atoms with E-state index in [0.717, 1.165) is 12.2 Å². The Morgan fingerprint density at radius 1 is 1.38 bits per heavy atom. The molecule has 2 heterocycles. The third kappa shape index (κ3) is 2.96. The molecule has 0 spiro atoms. The van der Waals surface area contributed by atoms with Crippen LogP contribution in [-0.2, 0) is 11.8 Å². The van der Waals surface area contributed by atoms with Crippen LogP contribution in [0.15, 0.2) is 34.2 Å². The quantitative estimate of drug-likeness (QED) is 0.682. The maximum Gasteiger partial charge on any atom is 0.279 e. The standard InChI is InChI=1S/C17H18FN3O2S/c1-3-8-24-17-20-16(23)14-11(10-6-4-5-7-12(10)18)9-13(22)19-15(14)21(17)2/h4-7,11H,3,8-9H2,1-2H3,(H,19,22)/t11-/m0/s1. The Labute approximate surface area is 143 Å². The molecular weight excluding hydrogens is 329 g/mol. The Balaban J connectivity index is 2.17. The minimum Gasteiger partial charge on any atom is -0.312 e. The number of fused-ring (bicyclic) bond motifs is 1. The Morgan fingerprint density at radius 3 is 2.83 bits per heavy atom. The van der Waals surface area contributed by atoms with Crippen LogP contribution in [0.3, 0.4) is 0 Å². The van der Waals surface area contributed by atoms with Gasteiger partial charge in [0.1, 0.15) is 11.6 Å². The fourth-order valence-electron chi connectivity index (χ4n) is 2.88. The fourth-order valence-corrected chi connectivity index (χ4v) is 3.70. The van der Waals surface area contributed by atoms with E-state index in [1.54, 1.807) is 29.8 Å². The first-order chi connectivity index (χ1) is 11.5. The summed E-state index contributed by atoms with van der Waals surface area (Å²) in [7, 11) is 1.76. The number of aromatic nitrogens is 2. The monoisotopic (exact) mass is 347 g/mol. The van der Waals surface area contributed by atoms with Crippen molar-refractivity contribution in [1.82, 2.24) is 9.55 Å². The van der Waals surface area contributed by atoms with Gasteiger partial charge in [0.15, 0.2) is 5.16 Å². The van der Waals surface area contributed by atoms with Gasteiger partial charge in [-0.2, -0.15) is 4.98 Å². The molecule has 0 saturated heterocycles. The molecule has 2 aromatic rings. The summed E-state index contributed by atoms with van der Waals surface area (Å²) in [5.41, 5.74) is 0.291. The molecule has 1 N–H and O–H groups in total. The molecule has 5 nitrogen and oxygen atoms in total. The lowest BCUT2D eigenvalue weighted by molar-refractivity contribution is -0.116. The molecule has 0 saturated carbocycles. The number of carbonyl (C=O) groups excluding carboxylic acids is 1. The van der Waals surface area contributed by atoms with Crippen LogP contribution >= 0.6 is 11.8 Å². The van der Waals surface area contributed by atoms with Crippen molar-refractivity contribution in [2.45, 2.75) is 30.8 Å². The van der Waals surface area contributed by atoms with Gasteiger partial charge < -0.3 is 9.88 Å². The molecule has 1 aromatic heterocycles. The van der Waals surface area contributed by atoms with Crippen LogP contribution in [0.5, 0.6) is 0 Å². The van der Waals surface area contributed by atoms with Gasteiger partial charge >= 0.3 is 0 Å². The molecular formula is C17H18FN3O2S. The van der Waals surface area contributed by atoms with Gasteiger partial charge in [0.2, 0.25) is 5.91 Å². The first-order valence-corrected chi connectivity index (χ1v) is 8.79. The molecule has 0 bridgehead atoms. The third-order valence-corrected chi connectivity index (χ3v) is 5.25. The summed E-state index contributed by atoms with van der Waals surface area (Å²) in [5.74, 6) is -0.0356. The molecule has 0 unspecified atom stereocenters. The number of hydrogen-bond acceptors (Lipinski definition) is 4. The minimum absolute atomic E-state index is 0.0340. The van der Waals surface area contributed by atoms with Crippen molar-refractivity contribution in [1.29, 1.82) is 0 Å². The highest BCUT2D eigenvalue weighted by molar-refractivity contribution is 7.99. The lowest BCUT2D eigenvalue weighted by Crippen LogP contribution is -2.33. The van der Waals surface area contributed by atoms with Gasteiger partial charge in [-0.15, -0.1) is 0 Å². The number of halogens is 1. The van der Waals surface area contributed by atoms with Gasteiger partial charge in [-0.25, -0.2) is 4.39 Å². The largest absolute Gasteiger partial charge is 0.312 e. The highest BCUT2D eigenvalue weighted by Gasteiger charge is 2.33. The smallest absolute Gasteiger partial charge is 0.279 e. The van der Waals surface area contributed by atoms with Gasteiger partial charge in [-0.3, -0.25) is 9.59 Å². The summed E-state index contributed by atoms with van der Waals surface area (Å²) in [5, 5.41) is 3.30. The van der Waals surface area contributed by atoms with E-state index in [4.69, 9.17) is 0 Å². The first-order valence-electron chi connectivity index (χ1n) is 7.81. The molecule has 24 heavy (non-hydrogen) atoms. The number of amides is 1. The van der Waals surface area contributed by atoms with Crippen LogP contribution in [0.4, 0.5) is 10.2 Å². The van der Waals surface area contributed by atoms with Crippen LogP contribution in [0, 0.1) is 5.82 Å². The van der Waals surface area contributed by atoms with Crippen LogP contribution in [0.1, 0.15) is 36.8 Å². The lowest BCUT2D eigenvalue weighted by atomic mass is 9.86. The van der Waals surface area contributed by atoms with Gasteiger partial charge in [0, 0.05) is 25.1 Å². The molecule has 1 amide bonds. The van der Waals surface area contributed by atoms with Crippen molar-refractivity contribution >= 4 is 23.5 Å². The lowest BCUT2D eigenvalue weighted by Gasteiger charge is -2.27. The summed E-state index contributed by atoms with van der Waals surface area (Å²) in [6.45, 7) is 2.04. The Bertz CT molecular complexity index is 850. The molecule has 1 atom stereocenters. The molecule has 0 fully saturated rings. The van der Waals surface area contributed by atoms with Crippen molar-refractivity contribution < 1.29 is 9.18 Å². The van der Waals surface area contributed by atoms with Crippen molar-refractivity contribution in [2.24, 2.45) is 7.05 Å². The van der Waals surface area contributed by atoms with Crippen molar-refractivity contribution in [3.8, 4) is 0 Å². The second-order valence-electron chi connectivity index (χ2n) is 5.70. The molecule has 1 aliphatic rings. The zero-order chi connectivity index (χ0) is 17.3. The van der Waals surface area contributed by atoms with Gasteiger partial charge in [0.25, 0.3) is 5.56 Å². The summed E-state index contributed by atoms with van der Waals surface area (Å²) < 4.78 is 15.9. The molecule has 7 heteroatoms. The average Bonchev–Trinajstić information content (AvgIpc) is 2.56. The summed E-state index contributed by atoms with van der Waals surface area (Å²) in [4.78, 5) is 28.9. The number of hydrogen-bond donors (Lipinski definition) is 1. The number of nitrogens with one attached hydrogen (secondary N) is 1. The molecule has 0 aliphatic carbocycles. The minimum atomic E-state index is -0.619. The fraction of sp³-hybridized carbons (Fsp3) is 0.353. The second kappa shape index (κ2) is 6.76. The Morgan fingerprint density at radius 2 is 2.12 bits per heavy atom. The number of rotatable bonds is 4. The average molecular weight is 347 g/mol. The zero-order valence-corrected chi connectivity index (χ0v) is 14.3. The van der Waals surface area contributed by atoms with E-state index in [-0.39, 0.29) is 12.3 Å². The molecule has 1 aromatic carbocycles. The van der Waals surface area contributed by atoms with E-state index in [0.29, 0.717) is 22.1 Å². The van der Waals surface area contributed by atoms with Gasteiger partial charge in [-0.1, -0.05) is 36.9 Å². The first kappa shape index (κ1) is 16.7. The molecule has 3 rings (SSSR count). The van der Waals surface area contributed by atoms with E-state index in [1.807, 2.05) is 6.92 Å². The van der Waals surface area contributed by atoms with E-state index >= 15 is 0 Å². The summed E-state index contributed by atoms with van der Waals surface area (Å²) in [6.07, 6.45) is 0.980.